The van der Waals surface area contributed by atoms with Gasteiger partial charge in [-0.1, -0.05) is 23.9 Å². The molecule has 0 aliphatic heterocycles. The molecule has 164 valence electrons. The fourth-order valence-electron chi connectivity index (χ4n) is 3.43. The summed E-state index contributed by atoms with van der Waals surface area (Å²) in [6.07, 6.45) is 2.06. The Bertz CT molecular complexity index is 1430. The second-order valence-corrected chi connectivity index (χ2v) is 8.52. The van der Waals surface area contributed by atoms with Crippen molar-refractivity contribution in [1.82, 2.24) is 14.4 Å². The van der Waals surface area contributed by atoms with E-state index < -0.39 is 0 Å². The smallest absolute Gasteiger partial charge is 0.219 e. The van der Waals surface area contributed by atoms with Crippen molar-refractivity contribution in [3.8, 4) is 28.6 Å². The van der Waals surface area contributed by atoms with Crippen molar-refractivity contribution in [2.45, 2.75) is 16.3 Å². The molecule has 0 aliphatic rings. The number of aromatic hydroxyl groups is 3. The summed E-state index contributed by atoms with van der Waals surface area (Å²) < 4.78 is 15.0. The number of hydrogen-bond acceptors (Lipinski definition) is 6. The normalized spacial score (nSPS) is 11.2. The minimum Gasteiger partial charge on any atom is -0.508 e. The maximum absolute atomic E-state index is 13.4. The average Bonchev–Trinajstić information content (AvgIpc) is 3.13. The Balaban J connectivity index is 1.63. The van der Waals surface area contributed by atoms with E-state index in [0.29, 0.717) is 28.5 Å². The Morgan fingerprint density at radius 2 is 1.42 bits per heavy atom. The van der Waals surface area contributed by atoms with Crippen LogP contribution in [0.5, 0.6) is 17.4 Å². The zero-order valence-electron chi connectivity index (χ0n) is 17.2. The summed E-state index contributed by atoms with van der Waals surface area (Å²) in [4.78, 5) is 10.2. The molecule has 0 atom stereocenters. The van der Waals surface area contributed by atoms with Crippen molar-refractivity contribution in [2.75, 3.05) is 0 Å². The first kappa shape index (κ1) is 20.8. The predicted molar refractivity (Wildman–Crippen MR) is 123 cm³/mol. The lowest BCUT2D eigenvalue weighted by molar-refractivity contribution is 0.442. The van der Waals surface area contributed by atoms with Crippen molar-refractivity contribution in [1.29, 1.82) is 0 Å². The van der Waals surface area contributed by atoms with E-state index in [1.807, 2.05) is 0 Å². The van der Waals surface area contributed by atoms with E-state index in [9.17, 15) is 19.7 Å². The average molecular weight is 460 g/mol. The number of phenolic OH excluding ortho intramolecular Hbond substituents is 2. The zero-order valence-corrected chi connectivity index (χ0v) is 18.0. The molecule has 33 heavy (non-hydrogen) atoms. The van der Waals surface area contributed by atoms with Crippen molar-refractivity contribution >= 4 is 17.4 Å². The Kier molecular flexibility index (Phi) is 5.35. The van der Waals surface area contributed by atoms with E-state index in [4.69, 9.17) is 4.98 Å². The maximum Gasteiger partial charge on any atom is 0.219 e. The zero-order chi connectivity index (χ0) is 22.9. The van der Waals surface area contributed by atoms with Crippen LogP contribution in [0.2, 0.25) is 0 Å². The third-order valence-corrected chi connectivity index (χ3v) is 6.09. The third-order valence-electron chi connectivity index (χ3n) is 5.12. The van der Waals surface area contributed by atoms with Crippen LogP contribution >= 0.6 is 11.8 Å². The van der Waals surface area contributed by atoms with Gasteiger partial charge in [0.25, 0.3) is 0 Å². The molecule has 2 heterocycles. The van der Waals surface area contributed by atoms with Crippen molar-refractivity contribution in [3.05, 3.63) is 96.1 Å². The summed E-state index contributed by atoms with van der Waals surface area (Å²) in [5.74, 6) is -0.0347. The van der Waals surface area contributed by atoms with Crippen LogP contribution in [-0.4, -0.2) is 29.7 Å². The Morgan fingerprint density at radius 1 is 0.788 bits per heavy atom. The van der Waals surface area contributed by atoms with Gasteiger partial charge in [-0.05, 0) is 66.2 Å². The van der Waals surface area contributed by atoms with Gasteiger partial charge in [0.05, 0.1) is 5.69 Å². The van der Waals surface area contributed by atoms with Crippen LogP contribution in [0.4, 0.5) is 4.39 Å². The molecule has 3 aromatic carbocycles. The molecule has 0 saturated carbocycles. The number of phenols is 2. The molecule has 0 radical (unpaired) electrons. The van der Waals surface area contributed by atoms with Gasteiger partial charge < -0.3 is 15.3 Å². The Labute approximate surface area is 192 Å². The number of nitrogens with zero attached hydrogens (tertiary/aromatic N) is 3. The largest absolute Gasteiger partial charge is 0.508 e. The molecular weight excluding hydrogens is 441 g/mol. The molecular formula is C25H18FN3O3S. The SMILES string of the molecule is Oc1ccc(Cc2nc3c(Sc4ccc(F)cc4)nc(-c4ccc(O)cc4)cn3c2O)cc1. The summed E-state index contributed by atoms with van der Waals surface area (Å²) in [5.41, 5.74) is 3.15. The summed E-state index contributed by atoms with van der Waals surface area (Å²) in [6.45, 7) is 0. The lowest BCUT2D eigenvalue weighted by Crippen LogP contribution is -1.95. The summed E-state index contributed by atoms with van der Waals surface area (Å²) in [5, 5.41) is 30.7. The maximum atomic E-state index is 13.4. The lowest BCUT2D eigenvalue weighted by atomic mass is 10.1. The standard InChI is InChI=1S/C25H18FN3O3S/c26-17-5-11-20(12-6-17)33-24-23-27-21(13-15-1-7-18(30)8-2-15)25(32)29(23)14-22(28-24)16-3-9-19(31)10-4-16/h1-12,14,30-32H,13H2. The molecule has 8 heteroatoms. The van der Waals surface area contributed by atoms with Crippen LogP contribution in [0.3, 0.4) is 0 Å². The molecule has 0 saturated heterocycles. The molecule has 6 nitrogen and oxygen atoms in total. The Morgan fingerprint density at radius 3 is 2.09 bits per heavy atom. The van der Waals surface area contributed by atoms with Crippen molar-refractivity contribution in [2.24, 2.45) is 0 Å². The van der Waals surface area contributed by atoms with E-state index in [1.165, 1.54) is 23.9 Å². The van der Waals surface area contributed by atoms with Gasteiger partial charge in [-0.3, -0.25) is 4.40 Å². The molecule has 3 N–H and O–H groups in total. The van der Waals surface area contributed by atoms with Gasteiger partial charge in [0.1, 0.15) is 28.0 Å². The van der Waals surface area contributed by atoms with Gasteiger partial charge >= 0.3 is 0 Å². The molecule has 0 fully saturated rings. The van der Waals surface area contributed by atoms with Gasteiger partial charge in [0, 0.05) is 23.1 Å². The molecule has 0 bridgehead atoms. The number of halogens is 1. The first-order chi connectivity index (χ1) is 16.0. The quantitative estimate of drug-likeness (QED) is 0.326. The second kappa shape index (κ2) is 8.48. The molecule has 0 spiro atoms. The minimum absolute atomic E-state index is 0.0125. The first-order valence-corrected chi connectivity index (χ1v) is 10.9. The van der Waals surface area contributed by atoms with E-state index in [-0.39, 0.29) is 23.2 Å². The van der Waals surface area contributed by atoms with Crippen LogP contribution in [0, 0.1) is 5.82 Å². The van der Waals surface area contributed by atoms with Gasteiger partial charge in [0.15, 0.2) is 5.65 Å². The summed E-state index contributed by atoms with van der Waals surface area (Å²) in [7, 11) is 0. The van der Waals surface area contributed by atoms with E-state index in [1.54, 1.807) is 71.3 Å². The van der Waals surface area contributed by atoms with Crippen LogP contribution in [-0.2, 0) is 6.42 Å². The van der Waals surface area contributed by atoms with Crippen LogP contribution < -0.4 is 0 Å². The van der Waals surface area contributed by atoms with Gasteiger partial charge in [-0.2, -0.15) is 0 Å². The lowest BCUT2D eigenvalue weighted by Gasteiger charge is -2.08. The highest BCUT2D eigenvalue weighted by molar-refractivity contribution is 7.99. The van der Waals surface area contributed by atoms with E-state index in [2.05, 4.69) is 4.98 Å². The van der Waals surface area contributed by atoms with Crippen LogP contribution in [0.1, 0.15) is 11.3 Å². The number of aromatic nitrogens is 3. The Hall–Kier alpha value is -4.04. The molecule has 0 unspecified atom stereocenters. The minimum atomic E-state index is -0.329. The van der Waals surface area contributed by atoms with Gasteiger partial charge in [-0.15, -0.1) is 0 Å². The van der Waals surface area contributed by atoms with Crippen LogP contribution in [0.15, 0.2) is 88.9 Å². The molecule has 0 amide bonds. The molecule has 0 aliphatic carbocycles. The highest BCUT2D eigenvalue weighted by Crippen LogP contribution is 2.35. The highest BCUT2D eigenvalue weighted by Gasteiger charge is 2.18. The number of rotatable bonds is 5. The molecule has 2 aromatic heterocycles. The monoisotopic (exact) mass is 459 g/mol. The van der Waals surface area contributed by atoms with Gasteiger partial charge in [0.2, 0.25) is 5.88 Å². The van der Waals surface area contributed by atoms with Crippen molar-refractivity contribution in [3.63, 3.8) is 0 Å². The summed E-state index contributed by atoms with van der Waals surface area (Å²) >= 11 is 1.31. The van der Waals surface area contributed by atoms with Crippen LogP contribution in [0.25, 0.3) is 16.9 Å². The highest BCUT2D eigenvalue weighted by atomic mass is 32.2. The third kappa shape index (κ3) is 4.33. The molecule has 5 rings (SSSR count). The van der Waals surface area contributed by atoms with E-state index in [0.717, 1.165) is 16.0 Å². The topological polar surface area (TPSA) is 90.9 Å². The number of imidazole rings is 1. The molecule has 5 aromatic rings. The van der Waals surface area contributed by atoms with Crippen molar-refractivity contribution < 1.29 is 19.7 Å². The van der Waals surface area contributed by atoms with Gasteiger partial charge in [-0.25, -0.2) is 14.4 Å². The number of fused-ring (bicyclic) bond motifs is 1. The predicted octanol–water partition coefficient (Wildman–Crippen LogP) is 5.39. The fraction of sp³-hybridized carbons (Fsp3) is 0.0400. The van der Waals surface area contributed by atoms with E-state index >= 15 is 0 Å². The number of hydrogen-bond donors (Lipinski definition) is 3. The number of benzene rings is 3. The summed E-state index contributed by atoms with van der Waals surface area (Å²) in [6, 6.07) is 19.4. The fourth-order valence-corrected chi connectivity index (χ4v) is 4.31. The first-order valence-electron chi connectivity index (χ1n) is 10.1. The second-order valence-electron chi connectivity index (χ2n) is 7.45.